The third-order valence-electron chi connectivity index (χ3n) is 3.96. The topological polar surface area (TPSA) is 41.6 Å². The number of halogens is 1. The first kappa shape index (κ1) is 14.1. The molecule has 2 aromatic rings. The standard InChI is InChI=1S/C17H18BrN3/c1-11-4-3-5-12(2)16(11)15-10-20-17(19)21(15)14-8-6-13(18)7-9-14/h3-9,15H,10H2,1-2H3,(H2,19,20). The Labute approximate surface area is 133 Å². The lowest BCUT2D eigenvalue weighted by molar-refractivity contribution is 0.756. The van der Waals surface area contributed by atoms with Crippen molar-refractivity contribution in [1.29, 1.82) is 0 Å². The molecule has 0 aliphatic carbocycles. The van der Waals surface area contributed by atoms with Gasteiger partial charge in [-0.3, -0.25) is 4.99 Å². The number of aliphatic imine (C=N–C) groups is 1. The minimum atomic E-state index is 0.173. The molecule has 1 aliphatic heterocycles. The number of anilines is 1. The first-order valence-electron chi connectivity index (χ1n) is 6.99. The summed E-state index contributed by atoms with van der Waals surface area (Å²) in [7, 11) is 0. The lowest BCUT2D eigenvalue weighted by atomic mass is 9.95. The summed E-state index contributed by atoms with van der Waals surface area (Å²) >= 11 is 3.47. The maximum atomic E-state index is 6.14. The number of benzene rings is 2. The third-order valence-corrected chi connectivity index (χ3v) is 4.49. The van der Waals surface area contributed by atoms with E-state index in [-0.39, 0.29) is 6.04 Å². The zero-order valence-electron chi connectivity index (χ0n) is 12.2. The number of nitrogens with zero attached hydrogens (tertiary/aromatic N) is 2. The molecule has 0 spiro atoms. The highest BCUT2D eigenvalue weighted by Crippen LogP contribution is 2.34. The highest BCUT2D eigenvalue weighted by molar-refractivity contribution is 9.10. The summed E-state index contributed by atoms with van der Waals surface area (Å²) in [5, 5.41) is 0. The molecular weight excluding hydrogens is 326 g/mol. The molecule has 0 bridgehead atoms. The Morgan fingerprint density at radius 3 is 2.33 bits per heavy atom. The largest absolute Gasteiger partial charge is 0.369 e. The van der Waals surface area contributed by atoms with Crippen molar-refractivity contribution in [3.8, 4) is 0 Å². The molecule has 3 nitrogen and oxygen atoms in total. The number of aryl methyl sites for hydroxylation is 2. The van der Waals surface area contributed by atoms with E-state index in [1.165, 1.54) is 16.7 Å². The summed E-state index contributed by atoms with van der Waals surface area (Å²) in [4.78, 5) is 6.59. The van der Waals surface area contributed by atoms with Gasteiger partial charge in [-0.25, -0.2) is 0 Å². The van der Waals surface area contributed by atoms with Crippen LogP contribution >= 0.6 is 15.9 Å². The Bertz CT molecular complexity index is 671. The molecule has 2 N–H and O–H groups in total. The van der Waals surface area contributed by atoms with E-state index >= 15 is 0 Å². The van der Waals surface area contributed by atoms with E-state index in [4.69, 9.17) is 5.73 Å². The highest BCUT2D eigenvalue weighted by Gasteiger charge is 2.30. The monoisotopic (exact) mass is 343 g/mol. The van der Waals surface area contributed by atoms with Crippen molar-refractivity contribution in [2.75, 3.05) is 11.4 Å². The van der Waals surface area contributed by atoms with E-state index < -0.39 is 0 Å². The molecule has 0 fully saturated rings. The highest BCUT2D eigenvalue weighted by atomic mass is 79.9. The van der Waals surface area contributed by atoms with Crippen LogP contribution in [0.1, 0.15) is 22.7 Å². The number of guanidine groups is 1. The number of nitrogens with two attached hydrogens (primary N) is 1. The van der Waals surface area contributed by atoms with Crippen molar-refractivity contribution < 1.29 is 0 Å². The maximum absolute atomic E-state index is 6.14. The molecule has 21 heavy (non-hydrogen) atoms. The predicted molar refractivity (Wildman–Crippen MR) is 91.8 cm³/mol. The lowest BCUT2D eigenvalue weighted by Crippen LogP contribution is -2.36. The molecule has 1 atom stereocenters. The maximum Gasteiger partial charge on any atom is 0.196 e. The first-order chi connectivity index (χ1) is 10.1. The van der Waals surface area contributed by atoms with Crippen molar-refractivity contribution in [2.24, 2.45) is 10.7 Å². The predicted octanol–water partition coefficient (Wildman–Crippen LogP) is 3.94. The Balaban J connectivity index is 2.05. The number of hydrogen-bond acceptors (Lipinski definition) is 3. The van der Waals surface area contributed by atoms with Crippen LogP contribution in [0.15, 0.2) is 51.9 Å². The van der Waals surface area contributed by atoms with Crippen LogP contribution in [-0.4, -0.2) is 12.5 Å². The van der Waals surface area contributed by atoms with Crippen LogP contribution in [0.2, 0.25) is 0 Å². The number of hydrogen-bond donors (Lipinski definition) is 1. The van der Waals surface area contributed by atoms with Crippen molar-refractivity contribution in [1.82, 2.24) is 0 Å². The van der Waals surface area contributed by atoms with Crippen molar-refractivity contribution >= 4 is 27.6 Å². The minimum absolute atomic E-state index is 0.173. The normalized spacial score (nSPS) is 18.0. The van der Waals surface area contributed by atoms with E-state index in [1.807, 2.05) is 12.1 Å². The van der Waals surface area contributed by atoms with Gasteiger partial charge in [-0.1, -0.05) is 34.1 Å². The van der Waals surface area contributed by atoms with Crippen LogP contribution in [-0.2, 0) is 0 Å². The summed E-state index contributed by atoms with van der Waals surface area (Å²) < 4.78 is 1.06. The van der Waals surface area contributed by atoms with Crippen molar-refractivity contribution in [3.63, 3.8) is 0 Å². The van der Waals surface area contributed by atoms with E-state index in [9.17, 15) is 0 Å². The zero-order valence-corrected chi connectivity index (χ0v) is 13.8. The van der Waals surface area contributed by atoms with Gasteiger partial charge in [0, 0.05) is 10.2 Å². The van der Waals surface area contributed by atoms with E-state index in [2.05, 4.69) is 70.0 Å². The Morgan fingerprint density at radius 1 is 1.10 bits per heavy atom. The summed E-state index contributed by atoms with van der Waals surface area (Å²) in [5.74, 6) is 0.588. The molecule has 0 amide bonds. The van der Waals surface area contributed by atoms with Crippen molar-refractivity contribution in [2.45, 2.75) is 19.9 Å². The summed E-state index contributed by atoms with van der Waals surface area (Å²) in [6.07, 6.45) is 0. The van der Waals surface area contributed by atoms with Gasteiger partial charge >= 0.3 is 0 Å². The van der Waals surface area contributed by atoms with Gasteiger partial charge in [0.25, 0.3) is 0 Å². The summed E-state index contributed by atoms with van der Waals surface area (Å²) in [5.41, 5.74) is 11.1. The SMILES string of the molecule is Cc1cccc(C)c1C1CN=C(N)N1c1ccc(Br)cc1. The first-order valence-corrected chi connectivity index (χ1v) is 7.78. The second kappa shape index (κ2) is 5.53. The molecule has 1 unspecified atom stereocenters. The lowest BCUT2D eigenvalue weighted by Gasteiger charge is -2.29. The van der Waals surface area contributed by atoms with Gasteiger partial charge in [-0.05, 0) is 54.8 Å². The Kier molecular flexibility index (Phi) is 3.72. The molecular formula is C17H18BrN3. The van der Waals surface area contributed by atoms with Gasteiger partial charge in [0.1, 0.15) is 0 Å². The molecule has 0 aromatic heterocycles. The molecule has 0 saturated carbocycles. The fourth-order valence-electron chi connectivity index (χ4n) is 2.98. The molecule has 0 saturated heterocycles. The Hall–Kier alpha value is -1.81. The molecule has 4 heteroatoms. The van der Waals surface area contributed by atoms with E-state index in [0.29, 0.717) is 12.5 Å². The Morgan fingerprint density at radius 2 is 1.71 bits per heavy atom. The van der Waals surface area contributed by atoms with E-state index in [1.54, 1.807) is 0 Å². The van der Waals surface area contributed by atoms with Gasteiger partial charge in [0.05, 0.1) is 12.6 Å². The minimum Gasteiger partial charge on any atom is -0.369 e. The summed E-state index contributed by atoms with van der Waals surface area (Å²) in [6, 6.07) is 14.8. The van der Waals surface area contributed by atoms with E-state index in [0.717, 1.165) is 10.2 Å². The van der Waals surface area contributed by atoms with Gasteiger partial charge in [0.2, 0.25) is 0 Å². The van der Waals surface area contributed by atoms with Gasteiger partial charge < -0.3 is 10.6 Å². The fourth-order valence-corrected chi connectivity index (χ4v) is 3.25. The van der Waals surface area contributed by atoms with Gasteiger partial charge in [0.15, 0.2) is 5.96 Å². The molecule has 1 heterocycles. The van der Waals surface area contributed by atoms with Gasteiger partial charge in [-0.15, -0.1) is 0 Å². The third kappa shape index (κ3) is 2.56. The van der Waals surface area contributed by atoms with Crippen LogP contribution in [0.25, 0.3) is 0 Å². The second-order valence-corrected chi connectivity index (χ2v) is 6.28. The number of rotatable bonds is 2. The van der Waals surface area contributed by atoms with Gasteiger partial charge in [-0.2, -0.15) is 0 Å². The molecule has 108 valence electrons. The molecule has 3 rings (SSSR count). The fraction of sp³-hybridized carbons (Fsp3) is 0.235. The second-order valence-electron chi connectivity index (χ2n) is 5.37. The van der Waals surface area contributed by atoms with Crippen molar-refractivity contribution in [3.05, 3.63) is 63.6 Å². The average Bonchev–Trinajstić information content (AvgIpc) is 2.82. The van der Waals surface area contributed by atoms with Crippen LogP contribution in [0.5, 0.6) is 0 Å². The van der Waals surface area contributed by atoms with Crippen LogP contribution in [0.3, 0.4) is 0 Å². The van der Waals surface area contributed by atoms with Crippen LogP contribution in [0, 0.1) is 13.8 Å². The molecule has 0 radical (unpaired) electrons. The van der Waals surface area contributed by atoms with Crippen LogP contribution in [0.4, 0.5) is 5.69 Å². The summed E-state index contributed by atoms with van der Waals surface area (Å²) in [6.45, 7) is 5.00. The zero-order chi connectivity index (χ0) is 15.0. The smallest absolute Gasteiger partial charge is 0.196 e. The van der Waals surface area contributed by atoms with Crippen LogP contribution < -0.4 is 10.6 Å². The average molecular weight is 344 g/mol. The quantitative estimate of drug-likeness (QED) is 0.897. The molecule has 2 aromatic carbocycles. The molecule has 1 aliphatic rings.